The van der Waals surface area contributed by atoms with E-state index in [1.807, 2.05) is 20.8 Å². The average molecular weight is 307 g/mol. The lowest BCUT2D eigenvalue weighted by Crippen LogP contribution is -2.41. The van der Waals surface area contributed by atoms with Crippen LogP contribution in [0.4, 0.5) is 0 Å². The molecule has 0 bridgehead atoms. The van der Waals surface area contributed by atoms with E-state index >= 15 is 0 Å². The molecule has 0 heterocycles. The first-order valence-electron chi connectivity index (χ1n) is 7.17. The van der Waals surface area contributed by atoms with Gasteiger partial charge >= 0.3 is 0 Å². The van der Waals surface area contributed by atoms with Gasteiger partial charge in [0.2, 0.25) is 5.91 Å². The fraction of sp³-hybridized carbons (Fsp3) is 0.471. The van der Waals surface area contributed by atoms with E-state index in [9.17, 15) is 4.79 Å². The molecule has 1 amide bonds. The van der Waals surface area contributed by atoms with Crippen LogP contribution in [0.15, 0.2) is 18.2 Å². The van der Waals surface area contributed by atoms with E-state index in [1.54, 1.807) is 39.5 Å². The van der Waals surface area contributed by atoms with Gasteiger partial charge in [0.1, 0.15) is 5.75 Å². The lowest BCUT2D eigenvalue weighted by atomic mass is 10.0. The van der Waals surface area contributed by atoms with Gasteiger partial charge in [-0.2, -0.15) is 0 Å². The van der Waals surface area contributed by atoms with Crippen LogP contribution in [0.25, 0.3) is 6.08 Å². The number of rotatable bonds is 7. The Hall–Kier alpha value is -2.17. The highest BCUT2D eigenvalue weighted by Gasteiger charge is 2.16. The Balaban J connectivity index is 3.01. The van der Waals surface area contributed by atoms with E-state index in [4.69, 9.17) is 14.2 Å². The number of ether oxygens (including phenoxy) is 3. The van der Waals surface area contributed by atoms with Crippen LogP contribution in [0, 0.1) is 0 Å². The molecule has 1 aromatic rings. The molecule has 0 atom stereocenters. The number of nitrogens with one attached hydrogen (secondary N) is 1. The zero-order valence-electron chi connectivity index (χ0n) is 14.1. The number of hydrogen-bond donors (Lipinski definition) is 1. The number of hydrogen-bond acceptors (Lipinski definition) is 4. The van der Waals surface area contributed by atoms with E-state index < -0.39 is 0 Å². The fourth-order valence-electron chi connectivity index (χ4n) is 1.81. The predicted molar refractivity (Wildman–Crippen MR) is 87.6 cm³/mol. The Bertz CT molecular complexity index is 550. The van der Waals surface area contributed by atoms with Crippen LogP contribution >= 0.6 is 0 Å². The smallest absolute Gasteiger partial charge is 0.244 e. The fourth-order valence-corrected chi connectivity index (χ4v) is 1.81. The minimum Gasteiger partial charge on any atom is -0.496 e. The second kappa shape index (κ2) is 7.73. The molecule has 0 aliphatic carbocycles. The predicted octanol–water partition coefficient (Wildman–Crippen LogP) is 3.03. The molecule has 22 heavy (non-hydrogen) atoms. The summed E-state index contributed by atoms with van der Waals surface area (Å²) in [5.74, 6) is 1.62. The molecule has 0 unspecified atom stereocenters. The Morgan fingerprint density at radius 3 is 2.14 bits per heavy atom. The highest BCUT2D eigenvalue weighted by Crippen LogP contribution is 2.35. The highest BCUT2D eigenvalue weighted by molar-refractivity contribution is 5.92. The van der Waals surface area contributed by atoms with Crippen molar-refractivity contribution in [3.05, 3.63) is 23.8 Å². The van der Waals surface area contributed by atoms with Crippen molar-refractivity contribution in [2.75, 3.05) is 21.3 Å². The van der Waals surface area contributed by atoms with Crippen molar-refractivity contribution in [1.29, 1.82) is 0 Å². The van der Waals surface area contributed by atoms with Crippen molar-refractivity contribution in [1.82, 2.24) is 5.32 Å². The van der Waals surface area contributed by atoms with E-state index in [-0.39, 0.29) is 11.4 Å². The van der Waals surface area contributed by atoms with E-state index in [0.717, 1.165) is 12.0 Å². The summed E-state index contributed by atoms with van der Waals surface area (Å²) in [7, 11) is 4.69. The van der Waals surface area contributed by atoms with Crippen molar-refractivity contribution in [2.24, 2.45) is 0 Å². The first-order valence-corrected chi connectivity index (χ1v) is 7.17. The summed E-state index contributed by atoms with van der Waals surface area (Å²) in [6, 6.07) is 3.50. The topological polar surface area (TPSA) is 56.8 Å². The zero-order chi connectivity index (χ0) is 16.8. The van der Waals surface area contributed by atoms with Crippen LogP contribution in [0.5, 0.6) is 17.2 Å². The molecule has 1 aromatic carbocycles. The number of benzene rings is 1. The molecule has 0 aliphatic heterocycles. The van der Waals surface area contributed by atoms with Crippen LogP contribution in [-0.4, -0.2) is 32.8 Å². The summed E-state index contributed by atoms with van der Waals surface area (Å²) in [6.45, 7) is 5.99. The SMILES string of the molecule is CCC(C)(C)NC(=O)/C=C/c1cc(OC)c(OC)cc1OC. The highest BCUT2D eigenvalue weighted by atomic mass is 16.5. The van der Waals surface area contributed by atoms with E-state index in [0.29, 0.717) is 17.2 Å². The lowest BCUT2D eigenvalue weighted by molar-refractivity contribution is -0.117. The summed E-state index contributed by atoms with van der Waals surface area (Å²) in [6.07, 6.45) is 4.04. The third-order valence-electron chi connectivity index (χ3n) is 3.50. The monoisotopic (exact) mass is 307 g/mol. The molecular formula is C17H25NO4. The average Bonchev–Trinajstić information content (AvgIpc) is 2.51. The maximum Gasteiger partial charge on any atom is 0.244 e. The quantitative estimate of drug-likeness (QED) is 0.787. The third kappa shape index (κ3) is 4.69. The molecule has 122 valence electrons. The second-order valence-electron chi connectivity index (χ2n) is 5.51. The molecule has 1 N–H and O–H groups in total. The van der Waals surface area contributed by atoms with Gasteiger partial charge < -0.3 is 19.5 Å². The number of methoxy groups -OCH3 is 3. The molecule has 0 aromatic heterocycles. The normalized spacial score (nSPS) is 11.4. The first kappa shape index (κ1) is 17.9. The van der Waals surface area contributed by atoms with Crippen LogP contribution in [-0.2, 0) is 4.79 Å². The van der Waals surface area contributed by atoms with Crippen LogP contribution in [0.3, 0.4) is 0 Å². The van der Waals surface area contributed by atoms with Crippen molar-refractivity contribution in [3.63, 3.8) is 0 Å². The Kier molecular flexibility index (Phi) is 6.28. The van der Waals surface area contributed by atoms with Gasteiger partial charge in [-0.1, -0.05) is 6.92 Å². The van der Waals surface area contributed by atoms with Crippen molar-refractivity contribution >= 4 is 12.0 Å². The number of carbonyl (C=O) groups is 1. The molecule has 0 saturated heterocycles. The second-order valence-corrected chi connectivity index (χ2v) is 5.51. The molecule has 1 rings (SSSR count). The van der Waals surface area contributed by atoms with Gasteiger partial charge in [0.25, 0.3) is 0 Å². The van der Waals surface area contributed by atoms with Crippen molar-refractivity contribution in [3.8, 4) is 17.2 Å². The van der Waals surface area contributed by atoms with Crippen LogP contribution in [0.1, 0.15) is 32.8 Å². The summed E-state index contributed by atoms with van der Waals surface area (Å²) < 4.78 is 15.8. The Labute approximate surface area is 132 Å². The number of carbonyl (C=O) groups excluding carboxylic acids is 1. The van der Waals surface area contributed by atoms with E-state index in [1.165, 1.54) is 6.08 Å². The van der Waals surface area contributed by atoms with Gasteiger partial charge in [-0.15, -0.1) is 0 Å². The van der Waals surface area contributed by atoms with Gasteiger partial charge in [0, 0.05) is 23.2 Å². The van der Waals surface area contributed by atoms with Gasteiger partial charge in [-0.05, 0) is 32.4 Å². The van der Waals surface area contributed by atoms with E-state index in [2.05, 4.69) is 5.32 Å². The van der Waals surface area contributed by atoms with Crippen molar-refractivity contribution < 1.29 is 19.0 Å². The van der Waals surface area contributed by atoms with Gasteiger partial charge in [0.15, 0.2) is 11.5 Å². The van der Waals surface area contributed by atoms with Gasteiger partial charge in [-0.25, -0.2) is 0 Å². The maximum atomic E-state index is 12.0. The molecule has 0 aliphatic rings. The zero-order valence-corrected chi connectivity index (χ0v) is 14.1. The first-order chi connectivity index (χ1) is 10.4. The maximum absolute atomic E-state index is 12.0. The van der Waals surface area contributed by atoms with Gasteiger partial charge in [0.05, 0.1) is 21.3 Å². The van der Waals surface area contributed by atoms with Crippen LogP contribution < -0.4 is 19.5 Å². The van der Waals surface area contributed by atoms with Crippen molar-refractivity contribution in [2.45, 2.75) is 32.7 Å². The minimum atomic E-state index is -0.233. The summed E-state index contributed by atoms with van der Waals surface area (Å²) in [5, 5.41) is 2.94. The third-order valence-corrected chi connectivity index (χ3v) is 3.50. The summed E-state index contributed by atoms with van der Waals surface area (Å²) in [4.78, 5) is 12.0. The van der Waals surface area contributed by atoms with Gasteiger partial charge in [-0.3, -0.25) is 4.79 Å². The Morgan fingerprint density at radius 1 is 1.09 bits per heavy atom. The Morgan fingerprint density at radius 2 is 1.64 bits per heavy atom. The molecule has 5 heteroatoms. The molecule has 0 fully saturated rings. The molecule has 0 saturated carbocycles. The molecule has 5 nitrogen and oxygen atoms in total. The summed E-state index contributed by atoms with van der Waals surface area (Å²) in [5.41, 5.74) is 0.507. The molecule has 0 spiro atoms. The molecular weight excluding hydrogens is 282 g/mol. The van der Waals surface area contributed by atoms with Crippen LogP contribution in [0.2, 0.25) is 0 Å². The standard InChI is InChI=1S/C17H25NO4/c1-7-17(2,3)18-16(19)9-8-12-10-14(21-5)15(22-6)11-13(12)20-4/h8-11H,7H2,1-6H3,(H,18,19)/b9-8+. The summed E-state index contributed by atoms with van der Waals surface area (Å²) >= 11 is 0. The molecule has 0 radical (unpaired) electrons. The lowest BCUT2D eigenvalue weighted by Gasteiger charge is -2.23. The largest absolute Gasteiger partial charge is 0.496 e. The number of amides is 1. The minimum absolute atomic E-state index is 0.149.